The lowest BCUT2D eigenvalue weighted by Crippen LogP contribution is -2.47. The number of halogens is 1. The first kappa shape index (κ1) is 13.1. The Bertz CT molecular complexity index is 455. The van der Waals surface area contributed by atoms with Crippen molar-refractivity contribution in [3.05, 3.63) is 33.3 Å². The highest BCUT2D eigenvalue weighted by Crippen LogP contribution is 2.32. The molecule has 1 aromatic rings. The Labute approximate surface area is 109 Å². The molecule has 1 heterocycles. The van der Waals surface area contributed by atoms with Gasteiger partial charge in [0.2, 0.25) is 0 Å². The van der Waals surface area contributed by atoms with E-state index < -0.39 is 4.92 Å². The summed E-state index contributed by atoms with van der Waals surface area (Å²) >= 11 is 5.77. The zero-order chi connectivity index (χ0) is 13.1. The van der Waals surface area contributed by atoms with E-state index in [0.717, 1.165) is 0 Å². The van der Waals surface area contributed by atoms with E-state index in [1.807, 2.05) is 0 Å². The molecule has 1 N–H and O–H groups in total. The molecule has 2 rings (SSSR count). The molecule has 1 aromatic carbocycles. The molecule has 0 bridgehead atoms. The number of morpholine rings is 1. The summed E-state index contributed by atoms with van der Waals surface area (Å²) in [6.07, 6.45) is 0. The van der Waals surface area contributed by atoms with Gasteiger partial charge in [-0.2, -0.15) is 0 Å². The van der Waals surface area contributed by atoms with E-state index in [4.69, 9.17) is 16.3 Å². The molecule has 0 saturated carbocycles. The van der Waals surface area contributed by atoms with Crippen molar-refractivity contribution in [2.24, 2.45) is 0 Å². The van der Waals surface area contributed by atoms with Crippen LogP contribution in [0.4, 0.5) is 11.4 Å². The molecule has 7 heteroatoms. The molecule has 1 saturated heterocycles. The third-order valence-electron chi connectivity index (χ3n) is 2.88. The van der Waals surface area contributed by atoms with Crippen molar-refractivity contribution in [3.8, 4) is 0 Å². The molecule has 1 fully saturated rings. The number of anilines is 1. The van der Waals surface area contributed by atoms with Crippen molar-refractivity contribution < 1.29 is 14.8 Å². The van der Waals surface area contributed by atoms with Crippen molar-refractivity contribution in [2.45, 2.75) is 6.04 Å². The zero-order valence-corrected chi connectivity index (χ0v) is 10.3. The molecule has 0 radical (unpaired) electrons. The third-order valence-corrected chi connectivity index (χ3v) is 3.12. The lowest BCUT2D eigenvalue weighted by Gasteiger charge is -2.35. The van der Waals surface area contributed by atoms with Crippen LogP contribution in [-0.4, -0.2) is 42.4 Å². The molecule has 1 aliphatic heterocycles. The van der Waals surface area contributed by atoms with Crippen molar-refractivity contribution in [1.82, 2.24) is 0 Å². The molecule has 0 spiro atoms. The van der Waals surface area contributed by atoms with E-state index in [1.54, 1.807) is 17.0 Å². The average molecular weight is 273 g/mol. The Kier molecular flexibility index (Phi) is 4.00. The number of hydrogen-bond donors (Lipinski definition) is 1. The van der Waals surface area contributed by atoms with Crippen molar-refractivity contribution in [2.75, 3.05) is 31.3 Å². The van der Waals surface area contributed by atoms with Gasteiger partial charge in [0, 0.05) is 17.6 Å². The molecule has 6 nitrogen and oxygen atoms in total. The standard InChI is InChI=1S/C11H13ClN2O4/c12-8-1-2-10(11(5-8)14(16)17)13-3-4-18-7-9(13)6-15/h1-2,5,9,15H,3-4,6-7H2. The Morgan fingerprint density at radius 3 is 3.06 bits per heavy atom. The van der Waals surface area contributed by atoms with Gasteiger partial charge >= 0.3 is 0 Å². The second-order valence-electron chi connectivity index (χ2n) is 3.99. The quantitative estimate of drug-likeness (QED) is 0.666. The first-order valence-electron chi connectivity index (χ1n) is 5.52. The predicted octanol–water partition coefficient (Wildman–Crippen LogP) is 1.45. The molecule has 0 aliphatic carbocycles. The minimum absolute atomic E-state index is 0.0529. The molecule has 18 heavy (non-hydrogen) atoms. The number of ether oxygens (including phenoxy) is 1. The SMILES string of the molecule is O=[N+]([O-])c1cc(Cl)ccc1N1CCOCC1CO. The lowest BCUT2D eigenvalue weighted by atomic mass is 10.1. The summed E-state index contributed by atoms with van der Waals surface area (Å²) in [4.78, 5) is 12.4. The minimum Gasteiger partial charge on any atom is -0.394 e. The normalized spacial score (nSPS) is 19.9. The summed E-state index contributed by atoms with van der Waals surface area (Å²) < 4.78 is 5.25. The monoisotopic (exact) mass is 272 g/mol. The number of aliphatic hydroxyl groups is 1. The molecule has 1 unspecified atom stereocenters. The fourth-order valence-corrected chi connectivity index (χ4v) is 2.18. The van der Waals surface area contributed by atoms with Crippen LogP contribution < -0.4 is 4.90 Å². The molecule has 1 aliphatic rings. The van der Waals surface area contributed by atoms with Crippen molar-refractivity contribution in [1.29, 1.82) is 0 Å². The lowest BCUT2D eigenvalue weighted by molar-refractivity contribution is -0.384. The van der Waals surface area contributed by atoms with Gasteiger partial charge in [0.15, 0.2) is 0 Å². The maximum Gasteiger partial charge on any atom is 0.294 e. The highest BCUT2D eigenvalue weighted by molar-refractivity contribution is 6.30. The number of nitrogens with zero attached hydrogens (tertiary/aromatic N) is 2. The number of hydrogen-bond acceptors (Lipinski definition) is 5. The largest absolute Gasteiger partial charge is 0.394 e. The van der Waals surface area contributed by atoms with Gasteiger partial charge < -0.3 is 14.7 Å². The van der Waals surface area contributed by atoms with Crippen LogP contribution in [0.15, 0.2) is 18.2 Å². The van der Waals surface area contributed by atoms with Crippen LogP contribution in [0.25, 0.3) is 0 Å². The van der Waals surface area contributed by atoms with E-state index >= 15 is 0 Å². The minimum atomic E-state index is -0.467. The summed E-state index contributed by atoms with van der Waals surface area (Å²) in [7, 11) is 0. The Morgan fingerprint density at radius 1 is 1.61 bits per heavy atom. The summed E-state index contributed by atoms with van der Waals surface area (Å²) in [5.41, 5.74) is 0.412. The van der Waals surface area contributed by atoms with E-state index in [0.29, 0.717) is 30.5 Å². The number of nitro groups is 1. The van der Waals surface area contributed by atoms with Crippen LogP contribution in [0.5, 0.6) is 0 Å². The number of aliphatic hydroxyl groups excluding tert-OH is 1. The fourth-order valence-electron chi connectivity index (χ4n) is 2.01. The highest BCUT2D eigenvalue weighted by Gasteiger charge is 2.28. The van der Waals surface area contributed by atoms with Gasteiger partial charge in [0.05, 0.1) is 30.8 Å². The van der Waals surface area contributed by atoms with Crippen LogP contribution in [0.2, 0.25) is 5.02 Å². The van der Waals surface area contributed by atoms with Crippen molar-refractivity contribution in [3.63, 3.8) is 0 Å². The van der Waals surface area contributed by atoms with Crippen molar-refractivity contribution >= 4 is 23.0 Å². The van der Waals surface area contributed by atoms with E-state index in [9.17, 15) is 15.2 Å². The predicted molar refractivity (Wildman–Crippen MR) is 67.1 cm³/mol. The Morgan fingerprint density at radius 2 is 2.39 bits per heavy atom. The fraction of sp³-hybridized carbons (Fsp3) is 0.455. The Balaban J connectivity index is 2.39. The maximum atomic E-state index is 11.0. The van der Waals surface area contributed by atoms with Gasteiger partial charge in [-0.3, -0.25) is 10.1 Å². The Hall–Kier alpha value is -1.37. The molecule has 98 valence electrons. The number of rotatable bonds is 3. The summed E-state index contributed by atoms with van der Waals surface area (Å²) in [6, 6.07) is 4.27. The summed E-state index contributed by atoms with van der Waals surface area (Å²) in [5, 5.41) is 20.6. The molecular weight excluding hydrogens is 260 g/mol. The first-order chi connectivity index (χ1) is 8.63. The van der Waals surface area contributed by atoms with Gasteiger partial charge in [0.25, 0.3) is 5.69 Å². The van der Waals surface area contributed by atoms with E-state index in [1.165, 1.54) is 6.07 Å². The zero-order valence-electron chi connectivity index (χ0n) is 9.58. The molecule has 1 atom stereocenters. The van der Waals surface area contributed by atoms with Crippen LogP contribution in [0.3, 0.4) is 0 Å². The van der Waals surface area contributed by atoms with Gasteiger partial charge in [-0.25, -0.2) is 0 Å². The van der Waals surface area contributed by atoms with Crippen LogP contribution >= 0.6 is 11.6 Å². The molecule has 0 amide bonds. The second-order valence-corrected chi connectivity index (χ2v) is 4.43. The van der Waals surface area contributed by atoms with Gasteiger partial charge in [-0.1, -0.05) is 11.6 Å². The maximum absolute atomic E-state index is 11.0. The number of benzene rings is 1. The van der Waals surface area contributed by atoms with Gasteiger partial charge in [0.1, 0.15) is 5.69 Å². The van der Waals surface area contributed by atoms with Gasteiger partial charge in [-0.05, 0) is 12.1 Å². The molecular formula is C11H13ClN2O4. The topological polar surface area (TPSA) is 75.8 Å². The average Bonchev–Trinajstić information content (AvgIpc) is 2.38. The third kappa shape index (κ3) is 2.55. The summed E-state index contributed by atoms with van der Waals surface area (Å²) in [5.74, 6) is 0. The van der Waals surface area contributed by atoms with Gasteiger partial charge in [-0.15, -0.1) is 0 Å². The van der Waals surface area contributed by atoms with Crippen LogP contribution in [-0.2, 0) is 4.74 Å². The molecule has 0 aromatic heterocycles. The second kappa shape index (κ2) is 5.51. The van der Waals surface area contributed by atoms with Crippen LogP contribution in [0, 0.1) is 10.1 Å². The first-order valence-corrected chi connectivity index (χ1v) is 5.90. The van der Waals surface area contributed by atoms with E-state index in [2.05, 4.69) is 0 Å². The highest BCUT2D eigenvalue weighted by atomic mass is 35.5. The van der Waals surface area contributed by atoms with E-state index in [-0.39, 0.29) is 18.3 Å². The number of nitro benzene ring substituents is 1. The van der Waals surface area contributed by atoms with Crippen LogP contribution in [0.1, 0.15) is 0 Å². The summed E-state index contributed by atoms with van der Waals surface area (Å²) in [6.45, 7) is 1.24. The smallest absolute Gasteiger partial charge is 0.294 e.